The van der Waals surface area contributed by atoms with Crippen molar-refractivity contribution in [3.8, 4) is 0 Å². The highest BCUT2D eigenvalue weighted by Crippen LogP contribution is 1.81. The number of hydrogen-bond donors (Lipinski definition) is 4. The van der Waals surface area contributed by atoms with Gasteiger partial charge in [0.25, 0.3) is 0 Å². The van der Waals surface area contributed by atoms with E-state index in [1.54, 1.807) is 0 Å². The van der Waals surface area contributed by atoms with E-state index in [-0.39, 0.29) is 0 Å². The number of imide groups is 2. The Morgan fingerprint density at radius 3 is 1.29 bits per heavy atom. The third kappa shape index (κ3) is 6.21. The molecule has 0 saturated carbocycles. The summed E-state index contributed by atoms with van der Waals surface area (Å²) < 4.78 is 0. The zero-order valence-corrected chi connectivity index (χ0v) is 6.60. The van der Waals surface area contributed by atoms with Gasteiger partial charge >= 0.3 is 24.2 Å². The third-order valence-corrected chi connectivity index (χ3v) is 0.644. The summed E-state index contributed by atoms with van der Waals surface area (Å²) in [5.74, 6) is 0. The number of hydrogen-bond acceptors (Lipinski definition) is 6. The van der Waals surface area contributed by atoms with Crippen LogP contribution in [0.4, 0.5) is 19.2 Å². The average molecular weight is 206 g/mol. The molecular weight excluding hydrogens is 200 g/mol. The smallest absolute Gasteiger partial charge is 0.351 e. The van der Waals surface area contributed by atoms with Crippen molar-refractivity contribution in [1.82, 2.24) is 10.6 Å². The van der Waals surface area contributed by atoms with Crippen LogP contribution in [-0.4, -0.2) is 24.2 Å². The summed E-state index contributed by atoms with van der Waals surface area (Å²) in [4.78, 5) is 48.1. The summed E-state index contributed by atoms with van der Waals surface area (Å²) >= 11 is 0. The number of primary amides is 2. The minimum Gasteiger partial charge on any atom is -0.351 e. The van der Waals surface area contributed by atoms with Gasteiger partial charge in [0.05, 0.1) is 0 Å². The lowest BCUT2D eigenvalue weighted by Crippen LogP contribution is -2.39. The molecule has 6 N–H and O–H groups in total. The lowest BCUT2D eigenvalue weighted by Gasteiger charge is -2.01. The Labute approximate surface area is 76.4 Å². The predicted octanol–water partition coefficient (Wildman–Crippen LogP) is -1.49. The number of amides is 6. The molecule has 0 spiro atoms. The van der Waals surface area contributed by atoms with Crippen LogP contribution in [0.3, 0.4) is 0 Å². The Kier molecular flexibility index (Phi) is 4.25. The Morgan fingerprint density at radius 1 is 0.786 bits per heavy atom. The molecule has 0 heterocycles. The molecule has 10 nitrogen and oxygen atoms in total. The number of nitrogens with two attached hydrogens (primary N) is 2. The van der Waals surface area contributed by atoms with Crippen LogP contribution in [0.15, 0.2) is 0 Å². The van der Waals surface area contributed by atoms with Gasteiger partial charge in [-0.05, 0) is 0 Å². The van der Waals surface area contributed by atoms with E-state index in [0.29, 0.717) is 0 Å². The largest absolute Gasteiger partial charge is 0.458 e. The molecule has 0 fully saturated rings. The van der Waals surface area contributed by atoms with Gasteiger partial charge < -0.3 is 11.5 Å². The van der Waals surface area contributed by atoms with Crippen molar-refractivity contribution >= 4 is 24.2 Å². The SMILES string of the molecule is NC(=O)NC(=O)OOC(=O)NC(N)=O. The molecule has 0 aromatic rings. The fourth-order valence-electron chi connectivity index (χ4n) is 0.319. The van der Waals surface area contributed by atoms with Crippen LogP contribution in [0.5, 0.6) is 0 Å². The van der Waals surface area contributed by atoms with Gasteiger partial charge in [0.1, 0.15) is 0 Å². The summed E-state index contributed by atoms with van der Waals surface area (Å²) in [7, 11) is 0. The van der Waals surface area contributed by atoms with Gasteiger partial charge in [-0.25, -0.2) is 39.6 Å². The molecule has 78 valence electrons. The molecule has 10 heteroatoms. The van der Waals surface area contributed by atoms with Crippen LogP contribution in [0.25, 0.3) is 0 Å². The molecule has 0 saturated heterocycles. The third-order valence-electron chi connectivity index (χ3n) is 0.644. The molecule has 0 aliphatic carbocycles. The number of nitrogens with one attached hydrogen (secondary N) is 2. The Balaban J connectivity index is 3.72. The second-order valence-corrected chi connectivity index (χ2v) is 1.72. The van der Waals surface area contributed by atoms with Crippen LogP contribution in [0, 0.1) is 0 Å². The zero-order chi connectivity index (χ0) is 11.1. The number of urea groups is 2. The van der Waals surface area contributed by atoms with Gasteiger partial charge in [-0.15, -0.1) is 0 Å². The standard InChI is InChI=1S/C4H6N4O6/c5-1(9)7-3(11)13-14-4(12)8-2(6)10/h(H3,5,7,9,11)(H3,6,8,10,12). The summed E-state index contributed by atoms with van der Waals surface area (Å²) in [6.45, 7) is 0. The first-order valence-electron chi connectivity index (χ1n) is 2.97. The second kappa shape index (κ2) is 5.18. The van der Waals surface area contributed by atoms with Gasteiger partial charge in [0, 0.05) is 0 Å². The first kappa shape index (κ1) is 11.5. The quantitative estimate of drug-likeness (QED) is 0.278. The predicted molar refractivity (Wildman–Crippen MR) is 38.4 cm³/mol. The highest BCUT2D eigenvalue weighted by atomic mass is 17.2. The van der Waals surface area contributed by atoms with Crippen LogP contribution in [-0.2, 0) is 9.78 Å². The molecule has 0 rings (SSSR count). The van der Waals surface area contributed by atoms with E-state index >= 15 is 0 Å². The molecule has 0 aliphatic rings. The average Bonchev–Trinajstić information content (AvgIpc) is 1.98. The molecule has 6 amide bonds. The van der Waals surface area contributed by atoms with Gasteiger partial charge in [-0.1, -0.05) is 0 Å². The summed E-state index contributed by atoms with van der Waals surface area (Å²) in [6.07, 6.45) is -2.84. The first-order valence-corrected chi connectivity index (χ1v) is 2.97. The van der Waals surface area contributed by atoms with Crippen LogP contribution in [0.1, 0.15) is 0 Å². The minimum atomic E-state index is -1.42. The van der Waals surface area contributed by atoms with Crippen molar-refractivity contribution in [2.75, 3.05) is 0 Å². The number of carbonyl (C=O) groups excluding carboxylic acids is 4. The van der Waals surface area contributed by atoms with E-state index < -0.39 is 24.2 Å². The molecule has 0 radical (unpaired) electrons. The van der Waals surface area contributed by atoms with Gasteiger partial charge in [-0.2, -0.15) is 0 Å². The number of carbonyl (C=O) groups is 4. The Bertz CT molecular complexity index is 247. The van der Waals surface area contributed by atoms with E-state index in [0.717, 1.165) is 0 Å². The molecule has 0 bridgehead atoms. The Morgan fingerprint density at radius 2 is 1.07 bits per heavy atom. The fraction of sp³-hybridized carbons (Fsp3) is 0. The van der Waals surface area contributed by atoms with Crippen molar-refractivity contribution < 1.29 is 29.0 Å². The van der Waals surface area contributed by atoms with E-state index in [4.69, 9.17) is 0 Å². The zero-order valence-electron chi connectivity index (χ0n) is 6.60. The van der Waals surface area contributed by atoms with E-state index in [9.17, 15) is 19.2 Å². The van der Waals surface area contributed by atoms with Crippen molar-refractivity contribution in [3.05, 3.63) is 0 Å². The lowest BCUT2D eigenvalue weighted by molar-refractivity contribution is -0.176. The summed E-state index contributed by atoms with van der Waals surface area (Å²) in [5, 5.41) is 2.82. The maximum absolute atomic E-state index is 10.4. The summed E-state index contributed by atoms with van der Waals surface area (Å²) in [6, 6.07) is -2.40. The van der Waals surface area contributed by atoms with E-state index in [1.807, 2.05) is 0 Å². The van der Waals surface area contributed by atoms with Gasteiger partial charge in [0.2, 0.25) is 0 Å². The van der Waals surface area contributed by atoms with Crippen LogP contribution in [0.2, 0.25) is 0 Å². The van der Waals surface area contributed by atoms with Crippen molar-refractivity contribution in [1.29, 1.82) is 0 Å². The minimum absolute atomic E-state index is 1.20. The van der Waals surface area contributed by atoms with Crippen molar-refractivity contribution in [3.63, 3.8) is 0 Å². The highest BCUT2D eigenvalue weighted by molar-refractivity contribution is 5.91. The number of rotatable bonds is 0. The van der Waals surface area contributed by atoms with E-state index in [2.05, 4.69) is 21.2 Å². The highest BCUT2D eigenvalue weighted by Gasteiger charge is 2.11. The Hall–Kier alpha value is -2.52. The van der Waals surface area contributed by atoms with Crippen LogP contribution >= 0.6 is 0 Å². The topological polar surface area (TPSA) is 163 Å². The monoisotopic (exact) mass is 206 g/mol. The molecule has 0 aliphatic heterocycles. The van der Waals surface area contributed by atoms with E-state index in [1.165, 1.54) is 10.6 Å². The molecule has 0 aromatic heterocycles. The second-order valence-electron chi connectivity index (χ2n) is 1.72. The molecule has 0 unspecified atom stereocenters. The summed E-state index contributed by atoms with van der Waals surface area (Å²) in [5.41, 5.74) is 9.00. The van der Waals surface area contributed by atoms with Crippen molar-refractivity contribution in [2.45, 2.75) is 0 Å². The lowest BCUT2D eigenvalue weighted by atomic mass is 11.0. The van der Waals surface area contributed by atoms with Gasteiger partial charge in [-0.3, -0.25) is 0 Å². The molecule has 14 heavy (non-hydrogen) atoms. The molecule has 0 atom stereocenters. The van der Waals surface area contributed by atoms with Gasteiger partial charge in [0.15, 0.2) is 0 Å². The van der Waals surface area contributed by atoms with Crippen LogP contribution < -0.4 is 22.1 Å². The fourth-order valence-corrected chi connectivity index (χ4v) is 0.319. The maximum atomic E-state index is 10.4. The molecule has 0 aromatic carbocycles. The first-order chi connectivity index (χ1) is 6.41. The maximum Gasteiger partial charge on any atom is 0.458 e. The normalized spacial score (nSPS) is 8.29. The molecular formula is C4H6N4O6. The van der Waals surface area contributed by atoms with Crippen molar-refractivity contribution in [2.24, 2.45) is 11.5 Å².